The van der Waals surface area contributed by atoms with Crippen LogP contribution in [-0.4, -0.2) is 39.4 Å². The van der Waals surface area contributed by atoms with E-state index in [0.29, 0.717) is 5.56 Å². The summed E-state index contributed by atoms with van der Waals surface area (Å²) in [5, 5.41) is 22.2. The normalized spacial score (nSPS) is 12.9. The minimum Gasteiger partial charge on any atom is -0.394 e. The van der Waals surface area contributed by atoms with Crippen molar-refractivity contribution < 1.29 is 22.7 Å². The molecule has 0 aliphatic heterocycles. The lowest BCUT2D eigenvalue weighted by molar-refractivity contribution is 0.0401. The Morgan fingerprint density at radius 3 is 2.61 bits per heavy atom. The van der Waals surface area contributed by atoms with E-state index in [1.807, 2.05) is 0 Å². The molecule has 2 heterocycles. The van der Waals surface area contributed by atoms with Crippen LogP contribution < -0.4 is 16.2 Å². The zero-order chi connectivity index (χ0) is 24.2. The van der Waals surface area contributed by atoms with Crippen LogP contribution in [0, 0.1) is 17.0 Å². The summed E-state index contributed by atoms with van der Waals surface area (Å²) in [5.41, 5.74) is -2.64. The highest BCUT2D eigenvalue weighted by molar-refractivity contribution is 5.85. The van der Waals surface area contributed by atoms with Crippen LogP contribution in [0.5, 0.6) is 0 Å². The van der Waals surface area contributed by atoms with E-state index in [1.54, 1.807) is 18.2 Å². The highest BCUT2D eigenvalue weighted by atomic mass is 19.3. The van der Waals surface area contributed by atoms with Gasteiger partial charge < -0.3 is 21.1 Å². The lowest BCUT2D eigenvalue weighted by Crippen LogP contribution is -2.46. The molecule has 4 N–H and O–H groups in total. The van der Waals surface area contributed by atoms with Gasteiger partial charge in [-0.1, -0.05) is 18.2 Å². The van der Waals surface area contributed by atoms with Crippen LogP contribution in [0.2, 0.25) is 0 Å². The number of aliphatic hydroxyl groups excluding tert-OH is 1. The third kappa shape index (κ3) is 5.03. The molecule has 1 atom stereocenters. The van der Waals surface area contributed by atoms with Gasteiger partial charge in [0.25, 0.3) is 12.0 Å². The molecule has 0 fully saturated rings. The van der Waals surface area contributed by atoms with Crippen molar-refractivity contribution in [1.29, 1.82) is 5.41 Å². The molecule has 7 nitrogen and oxygen atoms in total. The van der Waals surface area contributed by atoms with Gasteiger partial charge in [-0.3, -0.25) is 9.36 Å². The van der Waals surface area contributed by atoms with E-state index in [2.05, 4.69) is 15.6 Å². The van der Waals surface area contributed by atoms with Gasteiger partial charge in [-0.2, -0.15) is 0 Å². The molecule has 0 aliphatic carbocycles. The highest BCUT2D eigenvalue weighted by Crippen LogP contribution is 2.23. The van der Waals surface area contributed by atoms with Crippen LogP contribution in [-0.2, 0) is 6.54 Å². The number of halogens is 4. The minimum absolute atomic E-state index is 0.0437. The molecule has 1 unspecified atom stereocenters. The van der Waals surface area contributed by atoms with Crippen molar-refractivity contribution in [2.24, 2.45) is 0 Å². The van der Waals surface area contributed by atoms with Gasteiger partial charge in [0.05, 0.1) is 29.7 Å². The number of nitrogens with one attached hydrogen (secondary N) is 3. The molecule has 0 bridgehead atoms. The molecule has 11 heteroatoms. The third-order valence-electron chi connectivity index (χ3n) is 5.02. The molecule has 0 saturated carbocycles. The summed E-state index contributed by atoms with van der Waals surface area (Å²) in [6.07, 6.45) is -0.188. The molecule has 0 amide bonds. The van der Waals surface area contributed by atoms with Crippen molar-refractivity contribution in [2.45, 2.75) is 25.4 Å². The number of nitrogens with zero attached hydrogens (tertiary/aromatic N) is 2. The van der Waals surface area contributed by atoms with Crippen molar-refractivity contribution >= 4 is 17.7 Å². The Kier molecular flexibility index (Phi) is 7.12. The lowest BCUT2D eigenvalue weighted by Gasteiger charge is -2.28. The largest absolute Gasteiger partial charge is 0.394 e. The average Bonchev–Trinajstić information content (AvgIpc) is 2.80. The smallest absolute Gasteiger partial charge is 0.266 e. The van der Waals surface area contributed by atoms with Gasteiger partial charge in [-0.25, -0.2) is 22.5 Å². The molecule has 174 valence electrons. The summed E-state index contributed by atoms with van der Waals surface area (Å²) < 4.78 is 55.8. The van der Waals surface area contributed by atoms with Crippen molar-refractivity contribution in [3.05, 3.63) is 81.9 Å². The predicted molar refractivity (Wildman–Crippen MR) is 117 cm³/mol. The van der Waals surface area contributed by atoms with Crippen molar-refractivity contribution in [3.63, 3.8) is 0 Å². The van der Waals surface area contributed by atoms with Crippen LogP contribution in [0.25, 0.3) is 5.69 Å². The molecule has 0 aliphatic rings. The molecular weight excluding hydrogens is 442 g/mol. The molecule has 0 spiro atoms. The first-order chi connectivity index (χ1) is 15.7. The summed E-state index contributed by atoms with van der Waals surface area (Å²) in [7, 11) is 0. The Labute approximate surface area is 186 Å². The van der Waals surface area contributed by atoms with E-state index in [0.717, 1.165) is 30.0 Å². The number of pyridine rings is 2. The molecular formula is C22H21F4N5O2. The van der Waals surface area contributed by atoms with Crippen LogP contribution in [0.3, 0.4) is 0 Å². The van der Waals surface area contributed by atoms with E-state index < -0.39 is 35.8 Å². The van der Waals surface area contributed by atoms with Crippen LogP contribution >= 0.6 is 0 Å². The Morgan fingerprint density at radius 2 is 1.97 bits per heavy atom. The second kappa shape index (κ2) is 9.82. The number of alkyl halides is 2. The summed E-state index contributed by atoms with van der Waals surface area (Å²) in [5.74, 6) is -1.53. The standard InChI is InChI=1S/C22H21F4N5O2/c1-22(12-32,21(25)26)30-19-8-18(16(24)11-29-19)31-7-6-17(14(9-27)20(31)33)28-10-13-4-2-3-5-15(13)23/h2-9,11,21,27-28,32H,10,12H2,1H3,(H,29,30). The Hall–Kier alpha value is -3.73. The molecule has 33 heavy (non-hydrogen) atoms. The second-order valence-corrected chi connectivity index (χ2v) is 7.43. The van der Waals surface area contributed by atoms with E-state index in [-0.39, 0.29) is 29.3 Å². The van der Waals surface area contributed by atoms with Gasteiger partial charge in [0.1, 0.15) is 17.2 Å². The maximum atomic E-state index is 14.5. The van der Waals surface area contributed by atoms with E-state index in [1.165, 1.54) is 18.3 Å². The number of benzene rings is 1. The first-order valence-corrected chi connectivity index (χ1v) is 9.76. The molecule has 0 saturated heterocycles. The van der Waals surface area contributed by atoms with Crippen LogP contribution in [0.1, 0.15) is 18.1 Å². The Bertz CT molecular complexity index is 1220. The summed E-state index contributed by atoms with van der Waals surface area (Å²) in [4.78, 5) is 16.6. The lowest BCUT2D eigenvalue weighted by atomic mass is 10.1. The topological polar surface area (TPSA) is 103 Å². The fourth-order valence-corrected chi connectivity index (χ4v) is 3.00. The zero-order valence-electron chi connectivity index (χ0n) is 17.4. The number of hydrogen-bond donors (Lipinski definition) is 4. The summed E-state index contributed by atoms with van der Waals surface area (Å²) >= 11 is 0. The zero-order valence-corrected chi connectivity index (χ0v) is 17.4. The van der Waals surface area contributed by atoms with E-state index >= 15 is 0 Å². The first kappa shape index (κ1) is 23.9. The second-order valence-electron chi connectivity index (χ2n) is 7.43. The maximum absolute atomic E-state index is 14.5. The van der Waals surface area contributed by atoms with Gasteiger partial charge in [0.15, 0.2) is 5.82 Å². The predicted octanol–water partition coefficient (Wildman–Crippen LogP) is 3.55. The number of aromatic nitrogens is 2. The van der Waals surface area contributed by atoms with Gasteiger partial charge in [-0.05, 0) is 19.1 Å². The monoisotopic (exact) mass is 463 g/mol. The summed E-state index contributed by atoms with van der Waals surface area (Å²) in [6.45, 7) is 0.194. The molecule has 1 aromatic carbocycles. The first-order valence-electron chi connectivity index (χ1n) is 9.76. The van der Waals surface area contributed by atoms with Crippen LogP contribution in [0.15, 0.2) is 53.6 Å². The fourth-order valence-electron chi connectivity index (χ4n) is 3.00. The molecule has 3 aromatic rings. The van der Waals surface area contributed by atoms with Gasteiger partial charge >= 0.3 is 0 Å². The molecule has 3 rings (SSSR count). The fraction of sp³-hybridized carbons (Fsp3) is 0.227. The van der Waals surface area contributed by atoms with E-state index in [4.69, 9.17) is 5.41 Å². The Balaban J connectivity index is 1.96. The van der Waals surface area contributed by atoms with Crippen LogP contribution in [0.4, 0.5) is 29.1 Å². The van der Waals surface area contributed by atoms with Crippen molar-refractivity contribution in [2.75, 3.05) is 17.2 Å². The minimum atomic E-state index is -2.95. The SMILES string of the molecule is CC(CO)(Nc1cc(-n2ccc(NCc3ccccc3F)c(C=N)c2=O)c(F)cn1)C(F)F. The third-order valence-corrected chi connectivity index (χ3v) is 5.02. The van der Waals surface area contributed by atoms with Crippen molar-refractivity contribution in [3.8, 4) is 5.69 Å². The molecule has 2 aromatic heterocycles. The van der Waals surface area contributed by atoms with Gasteiger partial charge in [-0.15, -0.1) is 0 Å². The number of hydrogen-bond acceptors (Lipinski definition) is 6. The highest BCUT2D eigenvalue weighted by Gasteiger charge is 2.35. The van der Waals surface area contributed by atoms with Gasteiger partial charge in [0.2, 0.25) is 0 Å². The van der Waals surface area contributed by atoms with Gasteiger partial charge in [0, 0.05) is 30.6 Å². The van der Waals surface area contributed by atoms with E-state index in [9.17, 15) is 27.5 Å². The number of aliphatic hydroxyl groups is 1. The maximum Gasteiger partial charge on any atom is 0.266 e. The molecule has 0 radical (unpaired) electrons. The Morgan fingerprint density at radius 1 is 1.24 bits per heavy atom. The van der Waals surface area contributed by atoms with Crippen molar-refractivity contribution in [1.82, 2.24) is 9.55 Å². The quantitative estimate of drug-likeness (QED) is 0.287. The number of anilines is 2. The summed E-state index contributed by atoms with van der Waals surface area (Å²) in [6, 6.07) is 8.51. The number of rotatable bonds is 9. The average molecular weight is 463 g/mol.